The Kier molecular flexibility index (Phi) is 8.11. The van der Waals surface area contributed by atoms with Gasteiger partial charge in [-0.15, -0.1) is 11.3 Å². The second-order valence-corrected chi connectivity index (χ2v) is 11.9. The molecule has 0 amide bonds. The first-order valence-corrected chi connectivity index (χ1v) is 14.8. The highest BCUT2D eigenvalue weighted by Crippen LogP contribution is 2.40. The van der Waals surface area contributed by atoms with Gasteiger partial charge in [-0.1, -0.05) is 0 Å². The second-order valence-electron chi connectivity index (χ2n) is 10.9. The van der Waals surface area contributed by atoms with Crippen LogP contribution in [-0.2, 0) is 20.8 Å². The van der Waals surface area contributed by atoms with E-state index in [0.29, 0.717) is 27.8 Å². The van der Waals surface area contributed by atoms with Crippen molar-refractivity contribution in [2.24, 2.45) is 0 Å². The normalized spacial score (nSPS) is 21.2. The lowest BCUT2D eigenvalue weighted by Gasteiger charge is -2.32. The Labute approximate surface area is 251 Å². The number of fused-ring (bicyclic) bond motifs is 3. The maximum Gasteiger partial charge on any atom is 0.387 e. The highest BCUT2D eigenvalue weighted by atomic mass is 32.1. The molecule has 0 spiro atoms. The van der Waals surface area contributed by atoms with Gasteiger partial charge in [0, 0.05) is 5.56 Å². The summed E-state index contributed by atoms with van der Waals surface area (Å²) in [6, 6.07) is 1.49. The molecule has 234 valence electrons. The third-order valence-corrected chi connectivity index (χ3v) is 9.40. The smallest absolute Gasteiger partial charge is 0.387 e. The van der Waals surface area contributed by atoms with Crippen molar-refractivity contribution in [2.75, 3.05) is 0 Å². The van der Waals surface area contributed by atoms with Crippen molar-refractivity contribution in [3.63, 3.8) is 0 Å². The SMILES string of the molecule is Cc1c(-c2ncco2)sc2c1c(=O)n([C@@H](C)C(=O)O)c(=O)n2C[C@H](OC1C[C@H]2CC[C@@H](C1)O2)c1cc(F)ccc1OC(F)F. The van der Waals surface area contributed by atoms with Crippen LogP contribution in [0.15, 0.2) is 44.7 Å². The van der Waals surface area contributed by atoms with Crippen LogP contribution in [0, 0.1) is 12.7 Å². The number of ether oxygens (including phenoxy) is 3. The van der Waals surface area contributed by atoms with E-state index < -0.39 is 47.9 Å². The highest BCUT2D eigenvalue weighted by Gasteiger charge is 2.38. The fourth-order valence-electron chi connectivity index (χ4n) is 6.02. The molecule has 0 saturated carbocycles. The third kappa shape index (κ3) is 5.55. The van der Waals surface area contributed by atoms with Crippen LogP contribution in [0.25, 0.3) is 21.0 Å². The lowest BCUT2D eigenvalue weighted by molar-refractivity contribution is -0.140. The number of alkyl halides is 2. The van der Waals surface area contributed by atoms with E-state index in [-0.39, 0.29) is 46.2 Å². The second kappa shape index (κ2) is 11.9. The molecule has 0 radical (unpaired) electrons. The van der Waals surface area contributed by atoms with Crippen molar-refractivity contribution < 1.29 is 41.7 Å². The van der Waals surface area contributed by atoms with Gasteiger partial charge in [-0.05, 0) is 63.3 Å². The number of carboxylic acid groups (broad SMARTS) is 1. The summed E-state index contributed by atoms with van der Waals surface area (Å²) in [5, 5.41) is 9.82. The van der Waals surface area contributed by atoms with Crippen molar-refractivity contribution in [2.45, 2.75) is 83.1 Å². The Morgan fingerprint density at radius 2 is 1.95 bits per heavy atom. The Bertz CT molecular complexity index is 1810. The molecule has 2 aliphatic rings. The minimum atomic E-state index is -3.23. The molecule has 2 bridgehead atoms. The number of thiophene rings is 1. The molecule has 6 rings (SSSR count). The number of oxazole rings is 1. The summed E-state index contributed by atoms with van der Waals surface area (Å²) in [6.45, 7) is -0.792. The van der Waals surface area contributed by atoms with Gasteiger partial charge in [-0.2, -0.15) is 8.78 Å². The first kappa shape index (κ1) is 30.1. The van der Waals surface area contributed by atoms with E-state index in [1.54, 1.807) is 6.92 Å². The van der Waals surface area contributed by atoms with Gasteiger partial charge in [0.05, 0.1) is 41.3 Å². The van der Waals surface area contributed by atoms with E-state index in [2.05, 4.69) is 4.98 Å². The zero-order valence-corrected chi connectivity index (χ0v) is 24.4. The van der Waals surface area contributed by atoms with E-state index in [1.807, 2.05) is 0 Å². The van der Waals surface area contributed by atoms with Crippen LogP contribution in [-0.4, -0.2) is 50.1 Å². The van der Waals surface area contributed by atoms with Crippen LogP contribution < -0.4 is 16.0 Å². The minimum absolute atomic E-state index is 0.0558. The van der Waals surface area contributed by atoms with E-state index in [9.17, 15) is 32.7 Å². The standard InChI is InChI=1S/C29H28F3N3O8S/c1-13-22-25(36)35(14(2)27(37)38)29(39)34(26(22)44-23(13)24-33-7-8-40-24)12-21(42-18-10-16-4-5-17(11-18)41-16)19-9-15(30)3-6-20(19)43-28(31)32/h3,6-9,14,16-18,21,28H,4-5,10-12H2,1-2H3,(H,37,38)/t14-,16-,17+,18?,21-/m0/s1. The molecule has 1 N–H and O–H groups in total. The number of aryl methyl sites for hydroxylation is 1. The van der Waals surface area contributed by atoms with Crippen LogP contribution in [0.5, 0.6) is 5.75 Å². The number of halogens is 3. The summed E-state index contributed by atoms with van der Waals surface area (Å²) in [7, 11) is 0. The molecule has 44 heavy (non-hydrogen) atoms. The molecular formula is C29H28F3N3O8S. The average molecular weight is 636 g/mol. The third-order valence-electron chi connectivity index (χ3n) is 8.10. The molecule has 4 aromatic rings. The monoisotopic (exact) mass is 635 g/mol. The Morgan fingerprint density at radius 1 is 1.23 bits per heavy atom. The number of aromatic nitrogens is 3. The fraction of sp³-hybridized carbons (Fsp3) is 0.448. The van der Waals surface area contributed by atoms with Crippen molar-refractivity contribution in [3.8, 4) is 16.5 Å². The number of hydrogen-bond acceptors (Lipinski definition) is 9. The lowest BCUT2D eigenvalue weighted by atomic mass is 10.0. The van der Waals surface area contributed by atoms with Crippen LogP contribution in [0.1, 0.15) is 55.9 Å². The van der Waals surface area contributed by atoms with Gasteiger partial charge in [0.25, 0.3) is 5.56 Å². The molecule has 11 nitrogen and oxygen atoms in total. The van der Waals surface area contributed by atoms with E-state index in [1.165, 1.54) is 19.4 Å². The summed E-state index contributed by atoms with van der Waals surface area (Å²) >= 11 is 1.02. The number of aliphatic carboxylic acids is 1. The number of benzene rings is 1. The molecule has 5 atom stereocenters. The molecule has 1 aromatic carbocycles. The maximum absolute atomic E-state index is 14.6. The first-order chi connectivity index (χ1) is 21.0. The number of hydrogen-bond donors (Lipinski definition) is 1. The summed E-state index contributed by atoms with van der Waals surface area (Å²) in [5.41, 5.74) is -1.46. The molecule has 0 aliphatic carbocycles. The molecule has 3 aromatic heterocycles. The molecule has 2 fully saturated rings. The Morgan fingerprint density at radius 3 is 2.59 bits per heavy atom. The van der Waals surface area contributed by atoms with Crippen LogP contribution in [0.2, 0.25) is 0 Å². The van der Waals surface area contributed by atoms with Gasteiger partial charge in [0.2, 0.25) is 5.89 Å². The van der Waals surface area contributed by atoms with Crippen molar-refractivity contribution in [3.05, 3.63) is 68.4 Å². The van der Waals surface area contributed by atoms with E-state index in [4.69, 9.17) is 18.6 Å². The quantitative estimate of drug-likeness (QED) is 0.254. The molecule has 2 saturated heterocycles. The van der Waals surface area contributed by atoms with Gasteiger partial charge in [-0.3, -0.25) is 9.36 Å². The summed E-state index contributed by atoms with van der Waals surface area (Å²) < 4.78 is 65.9. The fourth-order valence-corrected chi connectivity index (χ4v) is 7.27. The molecule has 2 aliphatic heterocycles. The van der Waals surface area contributed by atoms with Crippen molar-refractivity contribution in [1.29, 1.82) is 0 Å². The van der Waals surface area contributed by atoms with Gasteiger partial charge in [0.15, 0.2) is 0 Å². The molecule has 1 unspecified atom stereocenters. The molecule has 5 heterocycles. The number of nitrogens with zero attached hydrogens (tertiary/aromatic N) is 3. The first-order valence-electron chi connectivity index (χ1n) is 14.0. The maximum atomic E-state index is 14.6. The number of carboxylic acids is 1. The zero-order valence-electron chi connectivity index (χ0n) is 23.6. The van der Waals surface area contributed by atoms with Crippen LogP contribution in [0.3, 0.4) is 0 Å². The predicted octanol–water partition coefficient (Wildman–Crippen LogP) is 5.04. The van der Waals surface area contributed by atoms with Gasteiger partial charge in [0.1, 0.15) is 34.8 Å². The molecule has 15 heteroatoms. The zero-order chi connectivity index (χ0) is 31.3. The van der Waals surface area contributed by atoms with Crippen molar-refractivity contribution >= 4 is 27.5 Å². The largest absolute Gasteiger partial charge is 0.480 e. The van der Waals surface area contributed by atoms with E-state index in [0.717, 1.165) is 46.9 Å². The van der Waals surface area contributed by atoms with Gasteiger partial charge < -0.3 is 23.7 Å². The summed E-state index contributed by atoms with van der Waals surface area (Å²) in [6.07, 6.45) is 3.68. The highest BCUT2D eigenvalue weighted by molar-refractivity contribution is 7.22. The summed E-state index contributed by atoms with van der Waals surface area (Å²) in [4.78, 5) is 44.4. The number of rotatable bonds is 10. The topological polar surface area (TPSA) is 135 Å². The van der Waals surface area contributed by atoms with Crippen LogP contribution in [0.4, 0.5) is 13.2 Å². The predicted molar refractivity (Wildman–Crippen MR) is 151 cm³/mol. The lowest BCUT2D eigenvalue weighted by Crippen LogP contribution is -2.44. The van der Waals surface area contributed by atoms with Crippen molar-refractivity contribution in [1.82, 2.24) is 14.1 Å². The summed E-state index contributed by atoms with van der Waals surface area (Å²) in [5.74, 6) is -2.33. The Hall–Kier alpha value is -3.95. The van der Waals surface area contributed by atoms with E-state index >= 15 is 0 Å². The number of carbonyl (C=O) groups is 1. The minimum Gasteiger partial charge on any atom is -0.480 e. The van der Waals surface area contributed by atoms with Crippen LogP contribution >= 0.6 is 11.3 Å². The Balaban J connectivity index is 1.55. The molecular weight excluding hydrogens is 607 g/mol. The average Bonchev–Trinajstić information content (AvgIpc) is 3.70. The van der Waals surface area contributed by atoms with Gasteiger partial charge >= 0.3 is 18.3 Å². The van der Waals surface area contributed by atoms with Gasteiger partial charge in [-0.25, -0.2) is 23.5 Å².